The lowest BCUT2D eigenvalue weighted by Crippen LogP contribution is -2.15. The van der Waals surface area contributed by atoms with Crippen LogP contribution in [0, 0.1) is 0 Å². The van der Waals surface area contributed by atoms with E-state index >= 15 is 0 Å². The Labute approximate surface area is 115 Å². The molecule has 2 aromatic rings. The summed E-state index contributed by atoms with van der Waals surface area (Å²) in [6, 6.07) is 6.06. The third kappa shape index (κ3) is 2.28. The first kappa shape index (κ1) is 14.0. The van der Waals surface area contributed by atoms with Crippen molar-refractivity contribution in [2.45, 2.75) is 18.8 Å². The second kappa shape index (κ2) is 4.26. The van der Waals surface area contributed by atoms with Crippen molar-refractivity contribution in [1.82, 2.24) is 0 Å². The van der Waals surface area contributed by atoms with Gasteiger partial charge in [-0.15, -0.1) is 0 Å². The molecule has 0 unspecified atom stereocenters. The molecule has 0 nitrogen and oxygen atoms in total. The van der Waals surface area contributed by atoms with Crippen LogP contribution in [0.15, 0.2) is 36.4 Å². The Hall–Kier alpha value is -1.98. The van der Waals surface area contributed by atoms with E-state index in [1.165, 1.54) is 6.07 Å². The molecule has 0 fully saturated rings. The fourth-order valence-corrected chi connectivity index (χ4v) is 2.64. The topological polar surface area (TPSA) is 0 Å². The highest BCUT2D eigenvalue weighted by atomic mass is 19.4. The molecule has 0 atom stereocenters. The number of alkyl halides is 6. The van der Waals surface area contributed by atoms with Crippen molar-refractivity contribution in [1.29, 1.82) is 0 Å². The highest BCUT2D eigenvalue weighted by Gasteiger charge is 2.39. The fraction of sp³-hybridized carbons (Fsp3) is 0.200. The maximum absolute atomic E-state index is 13.0. The highest BCUT2D eigenvalue weighted by Crippen LogP contribution is 2.44. The van der Waals surface area contributed by atoms with Gasteiger partial charge in [0.25, 0.3) is 0 Å². The summed E-state index contributed by atoms with van der Waals surface area (Å²) < 4.78 is 77.7. The van der Waals surface area contributed by atoms with Crippen LogP contribution < -0.4 is 0 Å². The molecular formula is C15H8F6. The van der Waals surface area contributed by atoms with Crippen LogP contribution in [0.25, 0.3) is 16.3 Å². The molecule has 0 saturated carbocycles. The number of allylic oxidation sites excluding steroid dienone is 2. The van der Waals surface area contributed by atoms with E-state index in [0.717, 1.165) is 12.1 Å². The van der Waals surface area contributed by atoms with Crippen LogP contribution >= 0.6 is 0 Å². The molecule has 1 aliphatic rings. The van der Waals surface area contributed by atoms with Crippen molar-refractivity contribution in [2.75, 3.05) is 0 Å². The van der Waals surface area contributed by atoms with Gasteiger partial charge in [0.15, 0.2) is 0 Å². The van der Waals surface area contributed by atoms with Crippen LogP contribution in [0.4, 0.5) is 26.3 Å². The van der Waals surface area contributed by atoms with Crippen LogP contribution in [-0.2, 0) is 12.6 Å². The average Bonchev–Trinajstić information content (AvgIpc) is 2.36. The van der Waals surface area contributed by atoms with E-state index in [-0.39, 0.29) is 17.2 Å². The normalized spacial score (nSPS) is 15.2. The van der Waals surface area contributed by atoms with Gasteiger partial charge in [-0.25, -0.2) is 0 Å². The molecule has 0 aliphatic heterocycles. The van der Waals surface area contributed by atoms with Crippen LogP contribution in [-0.4, -0.2) is 6.18 Å². The number of hydrogen-bond donors (Lipinski definition) is 0. The van der Waals surface area contributed by atoms with Crippen LogP contribution in [0.3, 0.4) is 0 Å². The van der Waals surface area contributed by atoms with Gasteiger partial charge in [0.1, 0.15) is 0 Å². The molecule has 1 aliphatic carbocycles. The predicted molar refractivity (Wildman–Crippen MR) is 66.7 cm³/mol. The minimum Gasteiger partial charge on any atom is -0.166 e. The maximum atomic E-state index is 13.0. The number of rotatable bonds is 0. The van der Waals surface area contributed by atoms with Gasteiger partial charge in [0.2, 0.25) is 0 Å². The molecule has 2 aromatic carbocycles. The summed E-state index contributed by atoms with van der Waals surface area (Å²) in [6.07, 6.45) is -8.36. The van der Waals surface area contributed by atoms with Gasteiger partial charge >= 0.3 is 12.4 Å². The molecule has 110 valence electrons. The molecule has 0 spiro atoms. The maximum Gasteiger partial charge on any atom is 0.416 e. The van der Waals surface area contributed by atoms with Crippen molar-refractivity contribution in [3.05, 3.63) is 53.1 Å². The summed E-state index contributed by atoms with van der Waals surface area (Å²) in [4.78, 5) is 0. The van der Waals surface area contributed by atoms with Gasteiger partial charge in [-0.3, -0.25) is 0 Å². The highest BCUT2D eigenvalue weighted by molar-refractivity contribution is 5.99. The van der Waals surface area contributed by atoms with Gasteiger partial charge in [0, 0.05) is 0 Å². The van der Waals surface area contributed by atoms with E-state index < -0.39 is 29.1 Å². The Morgan fingerprint density at radius 2 is 1.57 bits per heavy atom. The summed E-state index contributed by atoms with van der Waals surface area (Å²) in [6.45, 7) is 0. The second-order valence-electron chi connectivity index (χ2n) is 4.86. The molecule has 21 heavy (non-hydrogen) atoms. The Bertz CT molecular complexity index is 749. The van der Waals surface area contributed by atoms with Gasteiger partial charge < -0.3 is 0 Å². The second-order valence-corrected chi connectivity index (χ2v) is 4.86. The lowest BCUT2D eigenvalue weighted by Gasteiger charge is -2.22. The smallest absolute Gasteiger partial charge is 0.166 e. The number of hydrogen-bond acceptors (Lipinski definition) is 0. The first-order chi connectivity index (χ1) is 9.68. The summed E-state index contributed by atoms with van der Waals surface area (Å²) >= 11 is 0. The first-order valence-electron chi connectivity index (χ1n) is 6.08. The molecule has 0 bridgehead atoms. The summed E-state index contributed by atoms with van der Waals surface area (Å²) in [7, 11) is 0. The van der Waals surface area contributed by atoms with E-state index in [1.807, 2.05) is 0 Å². The average molecular weight is 302 g/mol. The molecule has 0 radical (unpaired) electrons. The van der Waals surface area contributed by atoms with Crippen LogP contribution in [0.2, 0.25) is 0 Å². The van der Waals surface area contributed by atoms with Crippen LogP contribution in [0.1, 0.15) is 16.7 Å². The van der Waals surface area contributed by atoms with E-state index in [0.29, 0.717) is 11.6 Å². The standard InChI is InChI=1S/C15H8F6/c16-14(17,18)10-6-9-3-1-2-8-4-5-12(15(19,20)21)11(7-10)13(8)9/h1-3,5-7H,4H2. The van der Waals surface area contributed by atoms with Crippen molar-refractivity contribution in [2.24, 2.45) is 0 Å². The number of halogens is 6. The monoisotopic (exact) mass is 302 g/mol. The molecule has 0 saturated heterocycles. The zero-order valence-corrected chi connectivity index (χ0v) is 10.4. The lowest BCUT2D eigenvalue weighted by molar-refractivity contribution is -0.137. The van der Waals surface area contributed by atoms with E-state index in [1.54, 1.807) is 12.1 Å². The Balaban J connectivity index is 2.37. The Morgan fingerprint density at radius 3 is 2.19 bits per heavy atom. The molecule has 3 rings (SSSR count). The van der Waals surface area contributed by atoms with Crippen molar-refractivity contribution in [3.8, 4) is 0 Å². The predicted octanol–water partition coefficient (Wildman–Crippen LogP) is 5.36. The number of benzene rings is 2. The Kier molecular flexibility index (Phi) is 2.83. The van der Waals surface area contributed by atoms with Crippen molar-refractivity contribution >= 4 is 16.3 Å². The van der Waals surface area contributed by atoms with E-state index in [4.69, 9.17) is 0 Å². The largest absolute Gasteiger partial charge is 0.416 e. The van der Waals surface area contributed by atoms with Gasteiger partial charge in [0.05, 0.1) is 11.1 Å². The molecule has 0 N–H and O–H groups in total. The summed E-state index contributed by atoms with van der Waals surface area (Å²) in [5, 5.41) is 0.424. The van der Waals surface area contributed by atoms with Crippen molar-refractivity contribution in [3.63, 3.8) is 0 Å². The van der Waals surface area contributed by atoms with E-state index in [9.17, 15) is 26.3 Å². The third-order valence-electron chi connectivity index (χ3n) is 3.51. The summed E-state index contributed by atoms with van der Waals surface area (Å²) in [5.41, 5.74) is -1.87. The molecule has 0 aromatic heterocycles. The Morgan fingerprint density at radius 1 is 0.857 bits per heavy atom. The van der Waals surface area contributed by atoms with E-state index in [2.05, 4.69) is 0 Å². The SMILES string of the molecule is FC(F)(F)C1=CCc2cccc3cc(C(F)(F)F)cc1c23. The zero-order valence-electron chi connectivity index (χ0n) is 10.4. The summed E-state index contributed by atoms with van der Waals surface area (Å²) in [5.74, 6) is 0. The van der Waals surface area contributed by atoms with Crippen molar-refractivity contribution < 1.29 is 26.3 Å². The molecule has 0 heterocycles. The third-order valence-corrected chi connectivity index (χ3v) is 3.51. The minimum absolute atomic E-state index is 0.0601. The van der Waals surface area contributed by atoms with Gasteiger partial charge in [-0.2, -0.15) is 26.3 Å². The molecular weight excluding hydrogens is 294 g/mol. The van der Waals surface area contributed by atoms with Gasteiger partial charge in [-0.1, -0.05) is 24.3 Å². The zero-order chi connectivity index (χ0) is 15.4. The fourth-order valence-electron chi connectivity index (χ4n) is 2.64. The quantitative estimate of drug-likeness (QED) is 0.575. The molecule has 6 heteroatoms. The van der Waals surface area contributed by atoms with Crippen LogP contribution in [0.5, 0.6) is 0 Å². The molecule has 0 amide bonds. The lowest BCUT2D eigenvalue weighted by atomic mass is 9.86. The van der Waals surface area contributed by atoms with Gasteiger partial charge in [-0.05, 0) is 40.5 Å². The first-order valence-corrected chi connectivity index (χ1v) is 6.08. The minimum atomic E-state index is -4.69.